The van der Waals surface area contributed by atoms with Crippen molar-refractivity contribution in [2.24, 2.45) is 0 Å². The molecule has 25 heavy (non-hydrogen) atoms. The molecular formula is C18H18FNO4S. The van der Waals surface area contributed by atoms with Gasteiger partial charge in [0.1, 0.15) is 5.82 Å². The van der Waals surface area contributed by atoms with Crippen molar-refractivity contribution in [3.63, 3.8) is 0 Å². The smallest absolute Gasteiger partial charge is 0.330 e. The van der Waals surface area contributed by atoms with Gasteiger partial charge in [-0.25, -0.2) is 17.6 Å². The molecule has 7 heteroatoms. The molecule has 2 aromatic rings. The van der Waals surface area contributed by atoms with Gasteiger partial charge in [0.25, 0.3) is 10.0 Å². The van der Waals surface area contributed by atoms with Crippen LogP contribution in [0.1, 0.15) is 11.1 Å². The fourth-order valence-electron chi connectivity index (χ4n) is 2.13. The van der Waals surface area contributed by atoms with Gasteiger partial charge in [0.15, 0.2) is 0 Å². The quantitative estimate of drug-likeness (QED) is 0.605. The molecule has 0 atom stereocenters. The zero-order chi connectivity index (χ0) is 18.6. The van der Waals surface area contributed by atoms with Gasteiger partial charge < -0.3 is 4.74 Å². The summed E-state index contributed by atoms with van der Waals surface area (Å²) in [4.78, 5) is 11.2. The number of sulfonamides is 1. The normalized spacial score (nSPS) is 11.5. The number of carbonyl (C=O) groups excluding carboxylic acids is 1. The number of esters is 1. The van der Waals surface area contributed by atoms with Gasteiger partial charge >= 0.3 is 5.97 Å². The zero-order valence-corrected chi connectivity index (χ0v) is 14.9. The number of hydrogen-bond acceptors (Lipinski definition) is 4. The second kappa shape index (κ2) is 7.48. The van der Waals surface area contributed by atoms with Crippen LogP contribution in [-0.2, 0) is 19.6 Å². The molecule has 0 saturated carbocycles. The molecule has 2 aromatic carbocycles. The number of nitrogens with zero attached hydrogens (tertiary/aromatic N) is 1. The lowest BCUT2D eigenvalue weighted by Crippen LogP contribution is -2.26. The van der Waals surface area contributed by atoms with Crippen LogP contribution >= 0.6 is 0 Å². The molecule has 2 rings (SSSR count). The topological polar surface area (TPSA) is 63.7 Å². The summed E-state index contributed by atoms with van der Waals surface area (Å²) in [6, 6.07) is 10.2. The Bertz CT molecular complexity index is 922. The average molecular weight is 363 g/mol. The SMILES string of the molecule is COC(=O)/C=C/c1cccc(S(=O)(=O)N(C)c2ccc(F)c(C)c2)c1. The molecule has 0 radical (unpaired) electrons. The molecule has 0 N–H and O–H groups in total. The van der Waals surface area contributed by atoms with Crippen molar-refractivity contribution in [2.75, 3.05) is 18.5 Å². The molecule has 0 aliphatic rings. The number of anilines is 1. The van der Waals surface area contributed by atoms with E-state index in [1.165, 1.54) is 56.6 Å². The lowest BCUT2D eigenvalue weighted by atomic mass is 10.2. The minimum Gasteiger partial charge on any atom is -0.466 e. The van der Waals surface area contributed by atoms with E-state index in [0.717, 1.165) is 4.31 Å². The average Bonchev–Trinajstić information content (AvgIpc) is 2.61. The van der Waals surface area contributed by atoms with Crippen LogP contribution < -0.4 is 4.31 Å². The van der Waals surface area contributed by atoms with E-state index < -0.39 is 21.8 Å². The minimum absolute atomic E-state index is 0.0593. The molecular weight excluding hydrogens is 345 g/mol. The number of ether oxygens (including phenoxy) is 1. The van der Waals surface area contributed by atoms with Gasteiger partial charge in [-0.3, -0.25) is 4.31 Å². The summed E-state index contributed by atoms with van der Waals surface area (Å²) >= 11 is 0. The standard InChI is InChI=1S/C18H18FNO4S/c1-13-11-15(8-9-17(13)19)20(2)25(22,23)16-6-4-5-14(12-16)7-10-18(21)24-3/h4-12H,1-3H3/b10-7+. The molecule has 0 aliphatic heterocycles. The van der Waals surface area contributed by atoms with Crippen molar-refractivity contribution >= 4 is 27.8 Å². The summed E-state index contributed by atoms with van der Waals surface area (Å²) in [5, 5.41) is 0. The predicted molar refractivity (Wildman–Crippen MR) is 94.2 cm³/mol. The van der Waals surface area contributed by atoms with E-state index in [-0.39, 0.29) is 4.90 Å². The Kier molecular flexibility index (Phi) is 5.58. The molecule has 0 saturated heterocycles. The Hall–Kier alpha value is -2.67. The summed E-state index contributed by atoms with van der Waals surface area (Å²) in [6.07, 6.45) is 2.67. The molecule has 132 valence electrons. The molecule has 0 bridgehead atoms. The Morgan fingerprint density at radius 1 is 1.20 bits per heavy atom. The van der Waals surface area contributed by atoms with Crippen LogP contribution in [0.4, 0.5) is 10.1 Å². The third-order valence-corrected chi connectivity index (χ3v) is 5.42. The van der Waals surface area contributed by atoms with Crippen molar-refractivity contribution in [3.05, 3.63) is 65.5 Å². The maximum Gasteiger partial charge on any atom is 0.330 e. The molecule has 0 aromatic heterocycles. The largest absolute Gasteiger partial charge is 0.466 e. The molecule has 0 unspecified atom stereocenters. The van der Waals surface area contributed by atoms with E-state index in [1.807, 2.05) is 0 Å². The maximum absolute atomic E-state index is 13.4. The monoisotopic (exact) mass is 363 g/mol. The fourth-order valence-corrected chi connectivity index (χ4v) is 3.38. The molecule has 0 fully saturated rings. The van der Waals surface area contributed by atoms with Crippen LogP contribution in [0.3, 0.4) is 0 Å². The number of benzene rings is 2. The molecule has 0 spiro atoms. The summed E-state index contributed by atoms with van der Waals surface area (Å²) < 4.78 is 44.6. The lowest BCUT2D eigenvalue weighted by Gasteiger charge is -2.20. The molecule has 0 amide bonds. The second-order valence-electron chi connectivity index (χ2n) is 5.34. The van der Waals surface area contributed by atoms with Crippen LogP contribution in [0.2, 0.25) is 0 Å². The zero-order valence-electron chi connectivity index (χ0n) is 14.1. The first kappa shape index (κ1) is 18.7. The second-order valence-corrected chi connectivity index (χ2v) is 7.30. The van der Waals surface area contributed by atoms with Crippen molar-refractivity contribution in [1.29, 1.82) is 0 Å². The van der Waals surface area contributed by atoms with Gasteiger partial charge in [0, 0.05) is 13.1 Å². The Balaban J connectivity index is 2.37. The van der Waals surface area contributed by atoms with Crippen LogP contribution in [0.25, 0.3) is 6.08 Å². The number of carbonyl (C=O) groups is 1. The van der Waals surface area contributed by atoms with Gasteiger partial charge in [0.2, 0.25) is 0 Å². The lowest BCUT2D eigenvalue weighted by molar-refractivity contribution is -0.134. The Morgan fingerprint density at radius 2 is 1.92 bits per heavy atom. The summed E-state index contributed by atoms with van der Waals surface area (Å²) in [7, 11) is -1.17. The summed E-state index contributed by atoms with van der Waals surface area (Å²) in [5.41, 5.74) is 1.25. The fraction of sp³-hybridized carbons (Fsp3) is 0.167. The number of aryl methyl sites for hydroxylation is 1. The van der Waals surface area contributed by atoms with Crippen LogP contribution in [0, 0.1) is 12.7 Å². The first-order valence-corrected chi connectivity index (χ1v) is 8.81. The molecule has 0 aliphatic carbocycles. The van der Waals surface area contributed by atoms with Crippen molar-refractivity contribution in [1.82, 2.24) is 0 Å². The van der Waals surface area contributed by atoms with Gasteiger partial charge in [-0.15, -0.1) is 0 Å². The highest BCUT2D eigenvalue weighted by molar-refractivity contribution is 7.92. The molecule has 5 nitrogen and oxygen atoms in total. The van der Waals surface area contributed by atoms with E-state index in [2.05, 4.69) is 4.74 Å². The number of methoxy groups -OCH3 is 1. The van der Waals surface area contributed by atoms with Crippen LogP contribution in [0.15, 0.2) is 53.4 Å². The number of hydrogen-bond donors (Lipinski definition) is 0. The van der Waals surface area contributed by atoms with Gasteiger partial charge in [-0.05, 0) is 54.5 Å². The highest BCUT2D eigenvalue weighted by atomic mass is 32.2. The summed E-state index contributed by atoms with van der Waals surface area (Å²) in [6.45, 7) is 1.57. The Morgan fingerprint density at radius 3 is 2.56 bits per heavy atom. The van der Waals surface area contributed by atoms with E-state index >= 15 is 0 Å². The van der Waals surface area contributed by atoms with E-state index in [0.29, 0.717) is 16.8 Å². The molecule has 0 heterocycles. The Labute approximate surface area is 146 Å². The third kappa shape index (κ3) is 4.24. The van der Waals surface area contributed by atoms with Gasteiger partial charge in [0.05, 0.1) is 17.7 Å². The first-order valence-electron chi connectivity index (χ1n) is 7.37. The highest BCUT2D eigenvalue weighted by Gasteiger charge is 2.21. The minimum atomic E-state index is -3.83. The van der Waals surface area contributed by atoms with E-state index in [9.17, 15) is 17.6 Å². The van der Waals surface area contributed by atoms with E-state index in [4.69, 9.17) is 0 Å². The third-order valence-electron chi connectivity index (χ3n) is 3.63. The maximum atomic E-state index is 13.4. The number of rotatable bonds is 5. The van der Waals surface area contributed by atoms with Crippen molar-refractivity contribution in [3.8, 4) is 0 Å². The van der Waals surface area contributed by atoms with Crippen LogP contribution in [-0.4, -0.2) is 28.5 Å². The summed E-state index contributed by atoms with van der Waals surface area (Å²) in [5.74, 6) is -0.934. The first-order chi connectivity index (χ1) is 11.8. The van der Waals surface area contributed by atoms with E-state index in [1.54, 1.807) is 19.1 Å². The van der Waals surface area contributed by atoms with Crippen molar-refractivity contribution in [2.45, 2.75) is 11.8 Å². The van der Waals surface area contributed by atoms with Crippen LogP contribution in [0.5, 0.6) is 0 Å². The number of halogens is 1. The van der Waals surface area contributed by atoms with Gasteiger partial charge in [-0.1, -0.05) is 12.1 Å². The van der Waals surface area contributed by atoms with Crippen molar-refractivity contribution < 1.29 is 22.3 Å². The predicted octanol–water partition coefficient (Wildman–Crippen LogP) is 3.15. The van der Waals surface area contributed by atoms with Gasteiger partial charge in [-0.2, -0.15) is 0 Å². The highest BCUT2D eigenvalue weighted by Crippen LogP contribution is 2.24.